The van der Waals surface area contributed by atoms with E-state index in [1.165, 1.54) is 12.1 Å². The van der Waals surface area contributed by atoms with E-state index in [1.54, 1.807) is 24.4 Å². The highest BCUT2D eigenvalue weighted by atomic mass is 19.4. The van der Waals surface area contributed by atoms with Crippen LogP contribution in [0.4, 0.5) is 24.8 Å². The lowest BCUT2D eigenvalue weighted by Crippen LogP contribution is -2.34. The second kappa shape index (κ2) is 8.59. The minimum atomic E-state index is -4.46. The highest BCUT2D eigenvalue weighted by Gasteiger charge is 2.30. The van der Waals surface area contributed by atoms with Crippen LogP contribution in [-0.4, -0.2) is 39.6 Å². The number of nitrogens with one attached hydrogen (secondary N) is 2. The minimum Gasteiger partial charge on any atom is -0.405 e. The first-order valence-electron chi connectivity index (χ1n) is 9.09. The number of ether oxygens (including phenoxy) is 2. The lowest BCUT2D eigenvalue weighted by molar-refractivity contribution is -0.137. The van der Waals surface area contributed by atoms with Gasteiger partial charge in [-0.3, -0.25) is 0 Å². The van der Waals surface area contributed by atoms with Crippen LogP contribution in [-0.2, 0) is 10.9 Å². The Hall–Kier alpha value is -3.31. The highest BCUT2D eigenvalue weighted by molar-refractivity contribution is 5.55. The van der Waals surface area contributed by atoms with Gasteiger partial charge in [-0.2, -0.15) is 28.1 Å². The van der Waals surface area contributed by atoms with Crippen molar-refractivity contribution in [2.45, 2.75) is 12.3 Å². The Kier molecular flexibility index (Phi) is 5.72. The number of halogens is 3. The highest BCUT2D eigenvalue weighted by Crippen LogP contribution is 2.31. The molecule has 1 saturated heterocycles. The van der Waals surface area contributed by atoms with E-state index in [9.17, 15) is 13.2 Å². The third kappa shape index (κ3) is 4.99. The molecule has 3 heterocycles. The summed E-state index contributed by atoms with van der Waals surface area (Å²) in [5.74, 6) is 0.583. The minimum absolute atomic E-state index is 0.0272. The topological polar surface area (TPSA) is 94.1 Å². The lowest BCUT2D eigenvalue weighted by Gasteiger charge is -2.22. The predicted octanol–water partition coefficient (Wildman–Crippen LogP) is 3.48. The second-order valence-corrected chi connectivity index (χ2v) is 6.34. The molecule has 1 unspecified atom stereocenters. The average Bonchev–Trinajstić information content (AvgIpc) is 2.74. The molecule has 30 heavy (non-hydrogen) atoms. The maximum Gasteiger partial charge on any atom is 0.416 e. The zero-order valence-corrected chi connectivity index (χ0v) is 15.6. The molecule has 0 radical (unpaired) electrons. The van der Waals surface area contributed by atoms with Crippen LogP contribution in [0.1, 0.15) is 17.5 Å². The van der Waals surface area contributed by atoms with Gasteiger partial charge in [0.25, 0.3) is 0 Å². The molecule has 3 aromatic rings. The van der Waals surface area contributed by atoms with Crippen molar-refractivity contribution in [3.8, 4) is 11.9 Å². The van der Waals surface area contributed by atoms with Crippen LogP contribution in [0.2, 0.25) is 0 Å². The Morgan fingerprint density at radius 1 is 1.10 bits per heavy atom. The van der Waals surface area contributed by atoms with Gasteiger partial charge in [-0.15, -0.1) is 0 Å². The summed E-state index contributed by atoms with van der Waals surface area (Å²) in [5.41, 5.74) is -0.611. The van der Waals surface area contributed by atoms with Crippen LogP contribution >= 0.6 is 0 Å². The zero-order chi connectivity index (χ0) is 21.0. The number of pyridine rings is 1. The van der Waals surface area contributed by atoms with E-state index in [-0.39, 0.29) is 29.4 Å². The summed E-state index contributed by atoms with van der Waals surface area (Å²) in [5, 5.41) is 5.96. The van der Waals surface area contributed by atoms with Crippen LogP contribution in [0, 0.1) is 0 Å². The van der Waals surface area contributed by atoms with Gasteiger partial charge in [-0.05, 0) is 24.3 Å². The zero-order valence-electron chi connectivity index (χ0n) is 15.6. The van der Waals surface area contributed by atoms with Crippen LogP contribution < -0.4 is 15.4 Å². The fraction of sp³-hybridized carbons (Fsp3) is 0.263. The van der Waals surface area contributed by atoms with Crippen molar-refractivity contribution < 1.29 is 22.6 Å². The Balaban J connectivity index is 1.65. The Morgan fingerprint density at radius 3 is 2.73 bits per heavy atom. The van der Waals surface area contributed by atoms with Crippen molar-refractivity contribution in [2.75, 3.05) is 25.0 Å². The average molecular weight is 418 g/mol. The maximum absolute atomic E-state index is 13.0. The summed E-state index contributed by atoms with van der Waals surface area (Å²) < 4.78 is 50.3. The normalized spacial score (nSPS) is 16.8. The van der Waals surface area contributed by atoms with Crippen LogP contribution in [0.5, 0.6) is 11.9 Å². The van der Waals surface area contributed by atoms with Crippen LogP contribution in [0.3, 0.4) is 0 Å². The summed E-state index contributed by atoms with van der Waals surface area (Å²) >= 11 is 0. The summed E-state index contributed by atoms with van der Waals surface area (Å²) in [4.78, 5) is 16.8. The lowest BCUT2D eigenvalue weighted by atomic mass is 10.2. The van der Waals surface area contributed by atoms with E-state index < -0.39 is 17.8 Å². The molecule has 1 aliphatic rings. The molecule has 0 amide bonds. The molecule has 2 N–H and O–H groups in total. The summed E-state index contributed by atoms with van der Waals surface area (Å²) in [6.45, 7) is 1.66. The van der Waals surface area contributed by atoms with E-state index in [1.807, 2.05) is 0 Å². The molecule has 0 spiro atoms. The monoisotopic (exact) mass is 418 g/mol. The van der Waals surface area contributed by atoms with E-state index in [0.29, 0.717) is 19.7 Å². The summed E-state index contributed by atoms with van der Waals surface area (Å²) in [6, 6.07) is 9.78. The Bertz CT molecular complexity index is 997. The fourth-order valence-corrected chi connectivity index (χ4v) is 2.75. The van der Waals surface area contributed by atoms with Crippen molar-refractivity contribution in [1.82, 2.24) is 25.3 Å². The first-order valence-corrected chi connectivity index (χ1v) is 9.09. The van der Waals surface area contributed by atoms with Crippen molar-refractivity contribution in [1.29, 1.82) is 0 Å². The van der Waals surface area contributed by atoms with Crippen molar-refractivity contribution >= 4 is 11.6 Å². The standard InChI is InChI=1S/C19H17F3N6O2/c20-19(21,22)12-4-3-5-13(10-12)25-17-26-16(14-11-23-8-9-29-14)27-18(28-17)30-15-6-1-2-7-24-15/h1-7,10,14,23H,8-9,11H2,(H,25,26,27,28). The number of hydrogen-bond donors (Lipinski definition) is 2. The molecule has 2 aromatic heterocycles. The molecule has 1 aliphatic heterocycles. The molecule has 0 bridgehead atoms. The largest absolute Gasteiger partial charge is 0.416 e. The Morgan fingerprint density at radius 2 is 2.00 bits per heavy atom. The Labute approximate surface area is 169 Å². The van der Waals surface area contributed by atoms with Gasteiger partial charge in [-0.1, -0.05) is 12.1 Å². The maximum atomic E-state index is 13.0. The predicted molar refractivity (Wildman–Crippen MR) is 100 cm³/mol. The number of alkyl halides is 3. The number of nitrogens with zero attached hydrogens (tertiary/aromatic N) is 4. The van der Waals surface area contributed by atoms with Crippen LogP contribution in [0.15, 0.2) is 48.7 Å². The van der Waals surface area contributed by atoms with Crippen molar-refractivity contribution in [3.05, 3.63) is 60.0 Å². The van der Waals surface area contributed by atoms with E-state index in [0.717, 1.165) is 12.1 Å². The number of hydrogen-bond acceptors (Lipinski definition) is 8. The SMILES string of the molecule is FC(F)(F)c1cccc(Nc2nc(Oc3ccccn3)nc(C3CNCCO3)n2)c1. The molecule has 0 saturated carbocycles. The van der Waals surface area contributed by atoms with E-state index in [2.05, 4.69) is 30.6 Å². The van der Waals surface area contributed by atoms with E-state index in [4.69, 9.17) is 9.47 Å². The number of morpholine rings is 1. The fourth-order valence-electron chi connectivity index (χ4n) is 2.75. The van der Waals surface area contributed by atoms with Gasteiger partial charge in [0.1, 0.15) is 6.10 Å². The molecule has 1 fully saturated rings. The third-order valence-corrected chi connectivity index (χ3v) is 4.13. The molecule has 4 rings (SSSR count). The number of rotatable bonds is 5. The number of benzene rings is 1. The van der Waals surface area contributed by atoms with Gasteiger partial charge in [-0.25, -0.2) is 4.98 Å². The van der Waals surface area contributed by atoms with E-state index >= 15 is 0 Å². The first kappa shape index (κ1) is 20.0. The van der Waals surface area contributed by atoms with Gasteiger partial charge in [0, 0.05) is 31.0 Å². The molecule has 156 valence electrons. The molecule has 11 heteroatoms. The summed E-state index contributed by atoms with van der Waals surface area (Å²) in [6.07, 6.45) is -3.36. The smallest absolute Gasteiger partial charge is 0.405 e. The molecule has 1 atom stereocenters. The molecular formula is C19H17F3N6O2. The number of anilines is 2. The van der Waals surface area contributed by atoms with Gasteiger partial charge < -0.3 is 20.1 Å². The molecular weight excluding hydrogens is 401 g/mol. The third-order valence-electron chi connectivity index (χ3n) is 4.13. The van der Waals surface area contributed by atoms with Crippen molar-refractivity contribution in [3.63, 3.8) is 0 Å². The van der Waals surface area contributed by atoms with Gasteiger partial charge >= 0.3 is 12.2 Å². The van der Waals surface area contributed by atoms with Gasteiger partial charge in [0.05, 0.1) is 12.2 Å². The van der Waals surface area contributed by atoms with Crippen molar-refractivity contribution in [2.24, 2.45) is 0 Å². The van der Waals surface area contributed by atoms with Crippen LogP contribution in [0.25, 0.3) is 0 Å². The second-order valence-electron chi connectivity index (χ2n) is 6.34. The quantitative estimate of drug-likeness (QED) is 0.651. The summed E-state index contributed by atoms with van der Waals surface area (Å²) in [7, 11) is 0. The van der Waals surface area contributed by atoms with Gasteiger partial charge in [0.15, 0.2) is 5.82 Å². The molecule has 0 aliphatic carbocycles. The molecule has 8 nitrogen and oxygen atoms in total. The first-order chi connectivity index (χ1) is 14.5. The number of aromatic nitrogens is 4. The molecule has 1 aromatic carbocycles. The van der Waals surface area contributed by atoms with Gasteiger partial charge in [0.2, 0.25) is 11.8 Å².